The summed E-state index contributed by atoms with van der Waals surface area (Å²) >= 11 is 0. The number of carbonyl (C=O) groups excluding carboxylic acids is 2. The van der Waals surface area contributed by atoms with Crippen molar-refractivity contribution in [2.75, 3.05) is 24.5 Å². The number of likely N-dealkylation sites (tertiary alicyclic amines) is 1. The Labute approximate surface area is 166 Å². The second kappa shape index (κ2) is 9.49. The molecular weight excluding hydrogens is 355 g/mol. The van der Waals surface area contributed by atoms with Crippen LogP contribution in [-0.2, 0) is 4.79 Å². The summed E-state index contributed by atoms with van der Waals surface area (Å²) in [4.78, 5) is 29.3. The lowest BCUT2D eigenvalue weighted by Gasteiger charge is -2.34. The van der Waals surface area contributed by atoms with E-state index >= 15 is 0 Å². The van der Waals surface area contributed by atoms with Crippen LogP contribution in [0.5, 0.6) is 0 Å². The van der Waals surface area contributed by atoms with Gasteiger partial charge in [0.15, 0.2) is 0 Å². The van der Waals surface area contributed by atoms with Crippen molar-refractivity contribution in [3.05, 3.63) is 66.0 Å². The van der Waals surface area contributed by atoms with Gasteiger partial charge < -0.3 is 9.80 Å². The number of amides is 2. The van der Waals surface area contributed by atoms with E-state index in [1.165, 1.54) is 12.1 Å². The third-order valence-corrected chi connectivity index (χ3v) is 5.30. The summed E-state index contributed by atoms with van der Waals surface area (Å²) in [6.07, 6.45) is 3.18. The van der Waals surface area contributed by atoms with Gasteiger partial charge in [0.2, 0.25) is 5.91 Å². The minimum atomic E-state index is -0.500. The van der Waals surface area contributed by atoms with Crippen LogP contribution in [0.3, 0.4) is 0 Å². The van der Waals surface area contributed by atoms with Crippen molar-refractivity contribution in [2.45, 2.75) is 32.6 Å². The van der Waals surface area contributed by atoms with E-state index in [2.05, 4.69) is 6.92 Å². The minimum absolute atomic E-state index is 0.0983. The van der Waals surface area contributed by atoms with Gasteiger partial charge in [-0.1, -0.05) is 43.7 Å². The summed E-state index contributed by atoms with van der Waals surface area (Å²) in [5, 5.41) is 0. The molecule has 0 bridgehead atoms. The Balaban J connectivity index is 1.65. The monoisotopic (exact) mass is 382 g/mol. The van der Waals surface area contributed by atoms with E-state index < -0.39 is 5.82 Å². The van der Waals surface area contributed by atoms with Gasteiger partial charge in [-0.15, -0.1) is 0 Å². The molecule has 0 aliphatic carbocycles. The number of unbranched alkanes of at least 4 members (excludes halogenated alkanes) is 1. The number of anilines is 1. The Kier molecular flexibility index (Phi) is 6.80. The molecular formula is C23H27FN2O2. The molecule has 0 saturated carbocycles. The Bertz CT molecular complexity index is 801. The molecule has 4 nitrogen and oxygen atoms in total. The average Bonchev–Trinajstić information content (AvgIpc) is 2.74. The van der Waals surface area contributed by atoms with E-state index in [0.717, 1.165) is 18.5 Å². The first-order valence-corrected chi connectivity index (χ1v) is 10.0. The highest BCUT2D eigenvalue weighted by molar-refractivity contribution is 5.96. The number of rotatable bonds is 6. The normalized spacial score (nSPS) is 14.7. The second-order valence-corrected chi connectivity index (χ2v) is 7.23. The van der Waals surface area contributed by atoms with E-state index in [1.807, 2.05) is 35.2 Å². The van der Waals surface area contributed by atoms with Crippen LogP contribution < -0.4 is 4.90 Å². The van der Waals surface area contributed by atoms with Crippen LogP contribution in [0, 0.1) is 11.7 Å². The van der Waals surface area contributed by atoms with Gasteiger partial charge in [0.1, 0.15) is 5.82 Å². The van der Waals surface area contributed by atoms with E-state index in [1.54, 1.807) is 17.0 Å². The van der Waals surface area contributed by atoms with E-state index in [9.17, 15) is 14.0 Å². The molecule has 148 valence electrons. The summed E-state index contributed by atoms with van der Waals surface area (Å²) in [6.45, 7) is 3.76. The summed E-state index contributed by atoms with van der Waals surface area (Å²) < 4.78 is 13.9. The Hall–Kier alpha value is -2.69. The highest BCUT2D eigenvalue weighted by atomic mass is 19.1. The number of hydrogen-bond donors (Lipinski definition) is 0. The first-order chi connectivity index (χ1) is 13.6. The molecule has 1 fully saturated rings. The van der Waals surface area contributed by atoms with Crippen molar-refractivity contribution in [1.29, 1.82) is 0 Å². The number of benzene rings is 2. The summed E-state index contributed by atoms with van der Waals surface area (Å²) in [6, 6.07) is 15.8. The van der Waals surface area contributed by atoms with Crippen molar-refractivity contribution in [2.24, 2.45) is 5.92 Å². The van der Waals surface area contributed by atoms with E-state index in [-0.39, 0.29) is 23.3 Å². The summed E-state index contributed by atoms with van der Waals surface area (Å²) in [5.74, 6) is -0.783. The molecule has 3 rings (SSSR count). The predicted octanol–water partition coefficient (Wildman–Crippen LogP) is 4.51. The van der Waals surface area contributed by atoms with Crippen molar-refractivity contribution in [3.63, 3.8) is 0 Å². The third kappa shape index (κ3) is 4.58. The lowest BCUT2D eigenvalue weighted by molar-refractivity contribution is -0.123. The maximum absolute atomic E-state index is 13.9. The summed E-state index contributed by atoms with van der Waals surface area (Å²) in [7, 11) is 0. The molecule has 2 aromatic carbocycles. The molecule has 0 atom stereocenters. The Morgan fingerprint density at radius 3 is 2.32 bits per heavy atom. The molecule has 0 aromatic heterocycles. The van der Waals surface area contributed by atoms with Gasteiger partial charge in [-0.2, -0.15) is 0 Å². The predicted molar refractivity (Wildman–Crippen MR) is 109 cm³/mol. The fourth-order valence-corrected chi connectivity index (χ4v) is 3.65. The second-order valence-electron chi connectivity index (χ2n) is 7.23. The fourth-order valence-electron chi connectivity index (χ4n) is 3.65. The molecule has 2 amide bonds. The molecule has 0 N–H and O–H groups in total. The first-order valence-electron chi connectivity index (χ1n) is 10.0. The van der Waals surface area contributed by atoms with Crippen molar-refractivity contribution >= 4 is 17.5 Å². The molecule has 1 saturated heterocycles. The number of piperidine rings is 1. The van der Waals surface area contributed by atoms with Crippen LogP contribution in [0.2, 0.25) is 0 Å². The van der Waals surface area contributed by atoms with Gasteiger partial charge >= 0.3 is 0 Å². The number of nitrogens with zero attached hydrogens (tertiary/aromatic N) is 2. The molecule has 0 spiro atoms. The molecule has 1 heterocycles. The van der Waals surface area contributed by atoms with Gasteiger partial charge in [-0.3, -0.25) is 9.59 Å². The maximum atomic E-state index is 13.9. The van der Waals surface area contributed by atoms with Gasteiger partial charge in [0, 0.05) is 31.2 Å². The smallest absolute Gasteiger partial charge is 0.256 e. The Morgan fingerprint density at radius 2 is 1.68 bits per heavy atom. The van der Waals surface area contributed by atoms with E-state index in [0.29, 0.717) is 32.5 Å². The lowest BCUT2D eigenvalue weighted by Crippen LogP contribution is -2.45. The van der Waals surface area contributed by atoms with Crippen LogP contribution >= 0.6 is 0 Å². The number of hydrogen-bond acceptors (Lipinski definition) is 2. The average molecular weight is 382 g/mol. The van der Waals surface area contributed by atoms with Gasteiger partial charge in [0.25, 0.3) is 5.91 Å². The maximum Gasteiger partial charge on any atom is 0.256 e. The SMILES string of the molecule is CCCCN(C(=O)C1CCN(C(=O)c2ccccc2F)CC1)c1ccccc1. The van der Waals surface area contributed by atoms with Crippen LogP contribution in [0.1, 0.15) is 43.0 Å². The molecule has 2 aromatic rings. The van der Waals surface area contributed by atoms with Crippen molar-refractivity contribution < 1.29 is 14.0 Å². The zero-order valence-corrected chi connectivity index (χ0v) is 16.3. The van der Waals surface area contributed by atoms with Crippen LogP contribution in [0.25, 0.3) is 0 Å². The number of carbonyl (C=O) groups is 2. The van der Waals surface area contributed by atoms with Crippen LogP contribution in [-0.4, -0.2) is 36.3 Å². The largest absolute Gasteiger partial charge is 0.339 e. The van der Waals surface area contributed by atoms with Gasteiger partial charge in [-0.25, -0.2) is 4.39 Å². The zero-order chi connectivity index (χ0) is 19.9. The molecule has 28 heavy (non-hydrogen) atoms. The highest BCUT2D eigenvalue weighted by Gasteiger charge is 2.31. The minimum Gasteiger partial charge on any atom is -0.339 e. The lowest BCUT2D eigenvalue weighted by atomic mass is 9.94. The topological polar surface area (TPSA) is 40.6 Å². The first kappa shape index (κ1) is 20.1. The number of para-hydroxylation sites is 1. The Morgan fingerprint density at radius 1 is 1.04 bits per heavy atom. The quantitative estimate of drug-likeness (QED) is 0.737. The van der Waals surface area contributed by atoms with Crippen molar-refractivity contribution in [3.8, 4) is 0 Å². The van der Waals surface area contributed by atoms with Crippen LogP contribution in [0.4, 0.5) is 10.1 Å². The molecule has 5 heteroatoms. The molecule has 1 aliphatic rings. The standard InChI is InChI=1S/C23H27FN2O2/c1-2-3-15-26(19-9-5-4-6-10-19)22(27)18-13-16-25(17-14-18)23(28)20-11-7-8-12-21(20)24/h4-12,18H,2-3,13-17H2,1H3. The van der Waals surface area contributed by atoms with Gasteiger partial charge in [0.05, 0.1) is 5.56 Å². The molecule has 0 radical (unpaired) electrons. The fraction of sp³-hybridized carbons (Fsp3) is 0.391. The third-order valence-electron chi connectivity index (χ3n) is 5.30. The molecule has 0 unspecified atom stereocenters. The van der Waals surface area contributed by atoms with Gasteiger partial charge in [-0.05, 0) is 43.5 Å². The highest BCUT2D eigenvalue weighted by Crippen LogP contribution is 2.25. The van der Waals surface area contributed by atoms with Crippen molar-refractivity contribution in [1.82, 2.24) is 4.90 Å². The van der Waals surface area contributed by atoms with E-state index in [4.69, 9.17) is 0 Å². The molecule has 1 aliphatic heterocycles. The number of halogens is 1. The summed E-state index contributed by atoms with van der Waals surface area (Å²) in [5.41, 5.74) is 1.02. The van der Waals surface area contributed by atoms with Crippen LogP contribution in [0.15, 0.2) is 54.6 Å². The zero-order valence-electron chi connectivity index (χ0n) is 16.3.